The molecule has 7 heteroatoms. The molecule has 5 nitrogen and oxygen atoms in total. The van der Waals surface area contributed by atoms with Crippen molar-refractivity contribution in [3.05, 3.63) is 58.8 Å². The molecule has 0 aliphatic carbocycles. The van der Waals surface area contributed by atoms with Crippen molar-refractivity contribution in [1.29, 1.82) is 0 Å². The van der Waals surface area contributed by atoms with Gasteiger partial charge in [0.25, 0.3) is 0 Å². The number of hydrogen-bond acceptors (Lipinski definition) is 5. The first-order valence-electron chi connectivity index (χ1n) is 9.48. The van der Waals surface area contributed by atoms with Crippen molar-refractivity contribution >= 4 is 21.6 Å². The number of anilines is 1. The van der Waals surface area contributed by atoms with Crippen LogP contribution in [0.25, 0.3) is 0 Å². The minimum absolute atomic E-state index is 0.185. The Morgan fingerprint density at radius 3 is 2.43 bits per heavy atom. The van der Waals surface area contributed by atoms with Gasteiger partial charge in [-0.3, -0.25) is 4.90 Å². The van der Waals surface area contributed by atoms with E-state index in [1.807, 2.05) is 41.3 Å². The Morgan fingerprint density at radius 1 is 1.00 bits per heavy atom. The summed E-state index contributed by atoms with van der Waals surface area (Å²) in [5.74, 6) is 0.606. The summed E-state index contributed by atoms with van der Waals surface area (Å²) >= 11 is 3.38. The van der Waals surface area contributed by atoms with Crippen molar-refractivity contribution in [1.82, 2.24) is 4.90 Å². The minimum atomic E-state index is -0.548. The van der Waals surface area contributed by atoms with Gasteiger partial charge >= 0.3 is 0 Å². The van der Waals surface area contributed by atoms with E-state index in [-0.39, 0.29) is 12.4 Å². The number of nitrogens with zero attached hydrogens (tertiary/aromatic N) is 2. The fraction of sp³-hybridized carbons (Fsp3) is 0.429. The van der Waals surface area contributed by atoms with E-state index >= 15 is 0 Å². The van der Waals surface area contributed by atoms with Crippen molar-refractivity contribution in [3.8, 4) is 5.75 Å². The number of benzene rings is 2. The molecule has 0 saturated carbocycles. The average molecular weight is 453 g/mol. The zero-order valence-corrected chi connectivity index (χ0v) is 17.4. The molecule has 0 amide bonds. The number of para-hydroxylation sites is 1. The van der Waals surface area contributed by atoms with E-state index in [2.05, 4.69) is 20.8 Å². The third-order valence-electron chi connectivity index (χ3n) is 4.65. The van der Waals surface area contributed by atoms with Gasteiger partial charge in [-0.15, -0.1) is 0 Å². The second-order valence-electron chi connectivity index (χ2n) is 6.77. The molecular weight excluding hydrogens is 427 g/mol. The monoisotopic (exact) mass is 452 g/mol. The summed E-state index contributed by atoms with van der Waals surface area (Å²) in [6.07, 6.45) is -0.548. The van der Waals surface area contributed by atoms with Gasteiger partial charge in [0, 0.05) is 37.2 Å². The Bertz CT molecular complexity index is 724. The second-order valence-corrected chi connectivity index (χ2v) is 7.69. The number of halogens is 2. The lowest BCUT2D eigenvalue weighted by atomic mass is 10.2. The molecule has 1 atom stereocenters. The van der Waals surface area contributed by atoms with E-state index < -0.39 is 6.10 Å². The normalized spacial score (nSPS) is 16.2. The van der Waals surface area contributed by atoms with E-state index in [9.17, 15) is 9.50 Å². The summed E-state index contributed by atoms with van der Waals surface area (Å²) in [6, 6.07) is 14.5. The van der Waals surface area contributed by atoms with Crippen molar-refractivity contribution < 1.29 is 19.0 Å². The van der Waals surface area contributed by atoms with Gasteiger partial charge < -0.3 is 19.5 Å². The Labute approximate surface area is 173 Å². The molecule has 0 aromatic heterocycles. The third kappa shape index (κ3) is 6.44. The summed E-state index contributed by atoms with van der Waals surface area (Å²) in [5, 5.41) is 10.2. The van der Waals surface area contributed by atoms with Crippen LogP contribution >= 0.6 is 15.9 Å². The highest BCUT2D eigenvalue weighted by Gasteiger charge is 2.21. The highest BCUT2D eigenvalue weighted by atomic mass is 79.9. The van der Waals surface area contributed by atoms with Crippen LogP contribution < -0.4 is 9.64 Å². The highest BCUT2D eigenvalue weighted by Crippen LogP contribution is 2.20. The number of ether oxygens (including phenoxy) is 2. The fourth-order valence-corrected chi connectivity index (χ4v) is 3.46. The molecule has 0 spiro atoms. The largest absolute Gasteiger partial charge is 0.491 e. The Morgan fingerprint density at radius 2 is 1.71 bits per heavy atom. The summed E-state index contributed by atoms with van der Waals surface area (Å²) in [5.41, 5.74) is 0.650. The maximum atomic E-state index is 13.9. The zero-order valence-electron chi connectivity index (χ0n) is 15.8. The van der Waals surface area contributed by atoms with E-state index in [1.165, 1.54) is 6.07 Å². The zero-order chi connectivity index (χ0) is 19.8. The van der Waals surface area contributed by atoms with Crippen LogP contribution in [-0.4, -0.2) is 68.7 Å². The first kappa shape index (κ1) is 21.0. The van der Waals surface area contributed by atoms with Crippen LogP contribution in [0.4, 0.5) is 10.1 Å². The number of rotatable bonds is 9. The van der Waals surface area contributed by atoms with Crippen LogP contribution in [-0.2, 0) is 4.74 Å². The minimum Gasteiger partial charge on any atom is -0.491 e. The van der Waals surface area contributed by atoms with Gasteiger partial charge in [0.2, 0.25) is 0 Å². The maximum Gasteiger partial charge on any atom is 0.146 e. The Hall–Kier alpha value is -1.67. The SMILES string of the molecule is O[C@@H](COCCOc1ccc(Br)cc1)CN1CCN(c2ccccc2F)CC1. The smallest absolute Gasteiger partial charge is 0.146 e. The van der Waals surface area contributed by atoms with Gasteiger partial charge in [-0.2, -0.15) is 0 Å². The van der Waals surface area contributed by atoms with Crippen LogP contribution in [0.15, 0.2) is 53.0 Å². The second kappa shape index (κ2) is 10.8. The summed E-state index contributed by atoms with van der Waals surface area (Å²) < 4.78 is 26.0. The van der Waals surface area contributed by atoms with Crippen molar-refractivity contribution in [2.24, 2.45) is 0 Å². The number of aliphatic hydroxyl groups is 1. The van der Waals surface area contributed by atoms with Crippen molar-refractivity contribution in [2.75, 3.05) is 57.4 Å². The molecular formula is C21H26BrFN2O3. The first-order valence-corrected chi connectivity index (χ1v) is 10.3. The topological polar surface area (TPSA) is 45.2 Å². The van der Waals surface area contributed by atoms with Crippen LogP contribution in [0.2, 0.25) is 0 Å². The summed E-state index contributed by atoms with van der Waals surface area (Å²) in [7, 11) is 0. The van der Waals surface area contributed by atoms with Gasteiger partial charge in [-0.05, 0) is 36.4 Å². The van der Waals surface area contributed by atoms with Gasteiger partial charge in [0.1, 0.15) is 18.2 Å². The maximum absolute atomic E-state index is 13.9. The van der Waals surface area contributed by atoms with Gasteiger partial charge in [0.15, 0.2) is 0 Å². The van der Waals surface area contributed by atoms with Crippen LogP contribution in [0.1, 0.15) is 0 Å². The summed E-state index contributed by atoms with van der Waals surface area (Å²) in [4.78, 5) is 4.23. The van der Waals surface area contributed by atoms with E-state index in [0.717, 1.165) is 36.4 Å². The number of hydrogen-bond donors (Lipinski definition) is 1. The predicted octanol–water partition coefficient (Wildman–Crippen LogP) is 3.17. The van der Waals surface area contributed by atoms with Gasteiger partial charge in [-0.25, -0.2) is 4.39 Å². The standard InChI is InChI=1S/C21H26BrFN2O3/c22-17-5-7-19(8-6-17)28-14-13-27-16-18(26)15-24-9-11-25(12-10-24)21-4-2-1-3-20(21)23/h1-8,18,26H,9-16H2/t18-/m1/s1. The molecule has 3 rings (SSSR count). The summed E-state index contributed by atoms with van der Waals surface area (Å²) in [6.45, 7) is 4.76. The molecule has 0 unspecified atom stereocenters. The lowest BCUT2D eigenvalue weighted by molar-refractivity contribution is 0.00716. The molecule has 2 aromatic carbocycles. The van der Waals surface area contributed by atoms with Crippen LogP contribution in [0, 0.1) is 5.82 Å². The molecule has 1 fully saturated rings. The fourth-order valence-electron chi connectivity index (χ4n) is 3.20. The van der Waals surface area contributed by atoms with Crippen molar-refractivity contribution in [2.45, 2.75) is 6.10 Å². The van der Waals surface area contributed by atoms with E-state index in [0.29, 0.717) is 25.4 Å². The van der Waals surface area contributed by atoms with Gasteiger partial charge in [0.05, 0.1) is 25.0 Å². The number of aliphatic hydroxyl groups excluding tert-OH is 1. The van der Waals surface area contributed by atoms with Crippen LogP contribution in [0.3, 0.4) is 0 Å². The first-order chi connectivity index (χ1) is 13.6. The molecule has 152 valence electrons. The quantitative estimate of drug-likeness (QED) is 0.592. The number of β-amino-alcohol motifs (C(OH)–C–C–N with tert-alkyl or cyclic N) is 1. The molecule has 1 heterocycles. The third-order valence-corrected chi connectivity index (χ3v) is 5.18. The molecule has 28 heavy (non-hydrogen) atoms. The lowest BCUT2D eigenvalue weighted by Crippen LogP contribution is -2.49. The Kier molecular flexibility index (Phi) is 8.09. The highest BCUT2D eigenvalue weighted by molar-refractivity contribution is 9.10. The molecule has 1 saturated heterocycles. The Balaban J connectivity index is 1.29. The number of piperazine rings is 1. The van der Waals surface area contributed by atoms with Crippen molar-refractivity contribution in [3.63, 3.8) is 0 Å². The van der Waals surface area contributed by atoms with Gasteiger partial charge in [-0.1, -0.05) is 28.1 Å². The molecule has 1 N–H and O–H groups in total. The molecule has 2 aromatic rings. The van der Waals surface area contributed by atoms with E-state index in [4.69, 9.17) is 9.47 Å². The van der Waals surface area contributed by atoms with Crippen LogP contribution in [0.5, 0.6) is 5.75 Å². The molecule has 0 radical (unpaired) electrons. The van der Waals surface area contributed by atoms with E-state index in [1.54, 1.807) is 6.07 Å². The molecule has 1 aliphatic rings. The lowest BCUT2D eigenvalue weighted by Gasteiger charge is -2.36. The predicted molar refractivity (Wildman–Crippen MR) is 112 cm³/mol. The molecule has 0 bridgehead atoms. The average Bonchev–Trinajstić information content (AvgIpc) is 2.70. The molecule has 1 aliphatic heterocycles.